The number of carbonyl (C=O) groups is 1. The van der Waals surface area contributed by atoms with Crippen LogP contribution in [0.15, 0.2) is 67.5 Å². The second kappa shape index (κ2) is 10.4. The summed E-state index contributed by atoms with van der Waals surface area (Å²) in [7, 11) is 3.58. The largest absolute Gasteiger partial charge is 0.494 e. The number of likely N-dealkylation sites (tertiary alicyclic amines) is 1. The molecular weight excluding hydrogens is 492 g/mol. The maximum atomic E-state index is 12.1. The molecule has 0 atom stereocenters. The maximum absolute atomic E-state index is 12.1. The van der Waals surface area contributed by atoms with E-state index in [9.17, 15) is 4.79 Å². The lowest BCUT2D eigenvalue weighted by atomic mass is 10.1. The number of fused-ring (bicyclic) bond motifs is 1. The van der Waals surface area contributed by atoms with Gasteiger partial charge in [-0.3, -0.25) is 14.7 Å². The molecular formula is C27H25ClN6O3. The third kappa shape index (κ3) is 5.32. The third-order valence-electron chi connectivity index (χ3n) is 5.93. The van der Waals surface area contributed by atoms with Gasteiger partial charge in [0.2, 0.25) is 11.9 Å². The summed E-state index contributed by atoms with van der Waals surface area (Å²) in [6.45, 7) is 5.14. The topological polar surface area (TPSA) is 102 Å². The van der Waals surface area contributed by atoms with Crippen LogP contribution in [-0.4, -0.2) is 59.1 Å². The monoisotopic (exact) mass is 516 g/mol. The standard InChI is InChI=1S/C27H25ClN6O3/c1-4-25(35)31-21-11-20(23(36-3)12-24(21)37-18-14-34(2)15-18)32-27-30-13-22-26(33-27)19(8-9-29-22)16-6-5-7-17(28)10-16/h4-13,18H,1,14-15H2,2-3H3,(H,31,35)(H,30,32,33). The molecule has 9 nitrogen and oxygen atoms in total. The number of ether oxygens (including phenoxy) is 2. The molecule has 1 aliphatic rings. The average molecular weight is 517 g/mol. The molecule has 1 saturated heterocycles. The first-order valence-corrected chi connectivity index (χ1v) is 12.0. The molecule has 0 saturated carbocycles. The zero-order valence-electron chi connectivity index (χ0n) is 20.4. The zero-order valence-corrected chi connectivity index (χ0v) is 21.1. The average Bonchev–Trinajstić information content (AvgIpc) is 2.88. The van der Waals surface area contributed by atoms with Gasteiger partial charge in [-0.25, -0.2) is 9.97 Å². The van der Waals surface area contributed by atoms with Gasteiger partial charge in [0.1, 0.15) is 28.6 Å². The molecule has 5 rings (SSSR count). The van der Waals surface area contributed by atoms with Crippen molar-refractivity contribution in [2.45, 2.75) is 6.10 Å². The SMILES string of the molecule is C=CC(=O)Nc1cc(Nc2ncc3nccc(-c4cccc(Cl)c4)c3n2)c(OC)cc1OC1CN(C)C1. The van der Waals surface area contributed by atoms with Crippen molar-refractivity contribution in [2.24, 2.45) is 0 Å². The molecule has 1 fully saturated rings. The molecule has 2 aromatic carbocycles. The van der Waals surface area contributed by atoms with E-state index < -0.39 is 0 Å². The first-order chi connectivity index (χ1) is 17.9. The number of likely N-dealkylation sites (N-methyl/N-ethyl adjacent to an activating group) is 1. The van der Waals surface area contributed by atoms with Gasteiger partial charge in [0, 0.05) is 35.9 Å². The number of hydrogen-bond acceptors (Lipinski definition) is 8. The van der Waals surface area contributed by atoms with Crippen molar-refractivity contribution < 1.29 is 14.3 Å². The second-order valence-electron chi connectivity index (χ2n) is 8.62. The Morgan fingerprint density at radius 3 is 2.73 bits per heavy atom. The maximum Gasteiger partial charge on any atom is 0.247 e. The number of halogens is 1. The van der Waals surface area contributed by atoms with Crippen molar-refractivity contribution in [3.05, 3.63) is 72.5 Å². The van der Waals surface area contributed by atoms with Crippen LogP contribution in [0.2, 0.25) is 5.02 Å². The molecule has 0 bridgehead atoms. The number of nitrogens with one attached hydrogen (secondary N) is 2. The number of hydrogen-bond donors (Lipinski definition) is 2. The molecule has 0 spiro atoms. The highest BCUT2D eigenvalue weighted by atomic mass is 35.5. The first-order valence-electron chi connectivity index (χ1n) is 11.6. The van der Waals surface area contributed by atoms with Gasteiger partial charge in [0.05, 0.1) is 24.7 Å². The van der Waals surface area contributed by atoms with Crippen molar-refractivity contribution in [2.75, 3.05) is 37.9 Å². The van der Waals surface area contributed by atoms with E-state index in [-0.39, 0.29) is 12.0 Å². The molecule has 1 amide bonds. The van der Waals surface area contributed by atoms with E-state index in [0.29, 0.717) is 44.9 Å². The summed E-state index contributed by atoms with van der Waals surface area (Å²) < 4.78 is 11.8. The molecule has 1 aliphatic heterocycles. The number of methoxy groups -OCH3 is 1. The van der Waals surface area contributed by atoms with Crippen LogP contribution >= 0.6 is 11.6 Å². The summed E-state index contributed by atoms with van der Waals surface area (Å²) in [5.74, 6) is 0.982. The Kier molecular flexibility index (Phi) is 6.89. The number of nitrogens with zero attached hydrogens (tertiary/aromatic N) is 4. The molecule has 2 N–H and O–H groups in total. The van der Waals surface area contributed by atoms with Crippen LogP contribution in [0.5, 0.6) is 11.5 Å². The van der Waals surface area contributed by atoms with E-state index in [2.05, 4.69) is 32.1 Å². The van der Waals surface area contributed by atoms with E-state index in [1.165, 1.54) is 6.08 Å². The Hall–Kier alpha value is -4.21. The van der Waals surface area contributed by atoms with Crippen LogP contribution in [0.25, 0.3) is 22.2 Å². The van der Waals surface area contributed by atoms with Gasteiger partial charge in [0.25, 0.3) is 0 Å². The Bertz CT molecular complexity index is 1490. The number of carbonyl (C=O) groups excluding carboxylic acids is 1. The molecule has 188 valence electrons. The van der Waals surface area contributed by atoms with Crippen molar-refractivity contribution >= 4 is 45.9 Å². The van der Waals surface area contributed by atoms with E-state index in [1.807, 2.05) is 37.4 Å². The molecule has 0 radical (unpaired) electrons. The van der Waals surface area contributed by atoms with Crippen molar-refractivity contribution in [3.63, 3.8) is 0 Å². The lowest BCUT2D eigenvalue weighted by Crippen LogP contribution is -2.51. The Balaban J connectivity index is 1.52. The van der Waals surface area contributed by atoms with Crippen molar-refractivity contribution in [3.8, 4) is 22.6 Å². The minimum absolute atomic E-state index is 0.0223. The highest BCUT2D eigenvalue weighted by Crippen LogP contribution is 2.39. The molecule has 10 heteroatoms. The summed E-state index contributed by atoms with van der Waals surface area (Å²) in [6.07, 6.45) is 4.59. The lowest BCUT2D eigenvalue weighted by Gasteiger charge is -2.36. The minimum Gasteiger partial charge on any atom is -0.494 e. The fourth-order valence-corrected chi connectivity index (χ4v) is 4.30. The minimum atomic E-state index is -0.356. The van der Waals surface area contributed by atoms with E-state index >= 15 is 0 Å². The summed E-state index contributed by atoms with van der Waals surface area (Å²) in [6, 6.07) is 12.9. The Morgan fingerprint density at radius 2 is 2.00 bits per heavy atom. The smallest absolute Gasteiger partial charge is 0.247 e. The van der Waals surface area contributed by atoms with Crippen LogP contribution in [0, 0.1) is 0 Å². The molecule has 2 aromatic heterocycles. The zero-order chi connectivity index (χ0) is 25.9. The van der Waals surface area contributed by atoms with Crippen molar-refractivity contribution in [1.82, 2.24) is 19.9 Å². The summed E-state index contributed by atoms with van der Waals surface area (Å²) in [5.41, 5.74) is 4.12. The lowest BCUT2D eigenvalue weighted by molar-refractivity contribution is -0.111. The molecule has 0 aliphatic carbocycles. The number of anilines is 3. The van der Waals surface area contributed by atoms with Gasteiger partial charge < -0.3 is 20.1 Å². The fraction of sp³-hybridized carbons (Fsp3) is 0.185. The van der Waals surface area contributed by atoms with Gasteiger partial charge in [-0.05, 0) is 43.0 Å². The number of rotatable bonds is 8. The summed E-state index contributed by atoms with van der Waals surface area (Å²) in [4.78, 5) is 27.8. The third-order valence-corrected chi connectivity index (χ3v) is 6.17. The molecule has 4 aromatic rings. The number of aromatic nitrogens is 3. The van der Waals surface area contributed by atoms with E-state index in [1.54, 1.807) is 31.6 Å². The van der Waals surface area contributed by atoms with Gasteiger partial charge in [-0.1, -0.05) is 30.3 Å². The van der Waals surface area contributed by atoms with Crippen LogP contribution in [-0.2, 0) is 4.79 Å². The Morgan fingerprint density at radius 1 is 1.16 bits per heavy atom. The van der Waals surface area contributed by atoms with Crippen molar-refractivity contribution in [1.29, 1.82) is 0 Å². The van der Waals surface area contributed by atoms with Gasteiger partial charge in [-0.15, -0.1) is 0 Å². The molecule has 0 unspecified atom stereocenters. The Labute approximate surface area is 219 Å². The van der Waals surface area contributed by atoms with Gasteiger partial charge >= 0.3 is 0 Å². The van der Waals surface area contributed by atoms with Crippen LogP contribution in [0.4, 0.5) is 17.3 Å². The quantitative estimate of drug-likeness (QED) is 0.318. The van der Waals surface area contributed by atoms with E-state index in [4.69, 9.17) is 26.1 Å². The molecule has 3 heterocycles. The second-order valence-corrected chi connectivity index (χ2v) is 9.06. The predicted molar refractivity (Wildman–Crippen MR) is 145 cm³/mol. The number of pyridine rings is 1. The van der Waals surface area contributed by atoms with Crippen LogP contribution < -0.4 is 20.1 Å². The highest BCUT2D eigenvalue weighted by Gasteiger charge is 2.27. The van der Waals surface area contributed by atoms with E-state index in [0.717, 1.165) is 24.2 Å². The summed E-state index contributed by atoms with van der Waals surface area (Å²) in [5, 5.41) is 6.65. The van der Waals surface area contributed by atoms with Crippen LogP contribution in [0.1, 0.15) is 0 Å². The normalized spacial score (nSPS) is 13.6. The van der Waals surface area contributed by atoms with Gasteiger partial charge in [-0.2, -0.15) is 0 Å². The van der Waals surface area contributed by atoms with Gasteiger partial charge in [0.15, 0.2) is 0 Å². The highest BCUT2D eigenvalue weighted by molar-refractivity contribution is 6.30. The first kappa shape index (κ1) is 24.5. The van der Waals surface area contributed by atoms with Crippen LogP contribution in [0.3, 0.4) is 0 Å². The number of benzene rings is 2. The summed E-state index contributed by atoms with van der Waals surface area (Å²) >= 11 is 6.22. The molecule has 37 heavy (non-hydrogen) atoms. The number of amides is 1. The predicted octanol–water partition coefficient (Wildman–Crippen LogP) is 4.91. The fourth-order valence-electron chi connectivity index (χ4n) is 4.11.